The van der Waals surface area contributed by atoms with Gasteiger partial charge in [0.05, 0.1) is 33.1 Å². The van der Waals surface area contributed by atoms with Crippen molar-refractivity contribution in [1.29, 1.82) is 0 Å². The van der Waals surface area contributed by atoms with Crippen LogP contribution in [0.25, 0.3) is 217 Å². The first kappa shape index (κ1) is 71.0. The molecule has 0 saturated carbocycles. The Labute approximate surface area is 696 Å². The Hall–Kier alpha value is -15.6. The van der Waals surface area contributed by atoms with Crippen LogP contribution in [0.2, 0.25) is 0 Å². The lowest BCUT2D eigenvalue weighted by atomic mass is 9.96. The van der Waals surface area contributed by atoms with E-state index in [1.54, 1.807) is 0 Å². The average Bonchev–Trinajstić information content (AvgIpc) is 1.58. The van der Waals surface area contributed by atoms with E-state index < -0.39 is 0 Å². The van der Waals surface area contributed by atoms with E-state index in [1.165, 1.54) is 99.1 Å². The smallest absolute Gasteiger partial charge is 0.164 e. The summed E-state index contributed by atoms with van der Waals surface area (Å²) in [5, 5.41) is 7.24. The fourth-order valence-electron chi connectivity index (χ4n) is 18.3. The Bertz CT molecular complexity index is 6740. The first-order valence-corrected chi connectivity index (χ1v) is 41.2. The Morgan fingerprint density at radius 1 is 0.150 bits per heavy atom. The van der Waals surface area contributed by atoms with Crippen LogP contribution < -0.4 is 0 Å². The minimum absolute atomic E-state index is 0.591. The molecule has 0 fully saturated rings. The highest BCUT2D eigenvalue weighted by molar-refractivity contribution is 6.15. The number of aromatic nitrogens is 6. The second kappa shape index (κ2) is 29.6. The number of hydrogen-bond donors (Lipinski definition) is 0. The third-order valence-electron chi connectivity index (χ3n) is 24.3. The molecule has 6 heteroatoms. The summed E-state index contributed by atoms with van der Waals surface area (Å²) < 4.78 is 7.28. The largest absolute Gasteiger partial charge is 0.309 e. The van der Waals surface area contributed by atoms with Crippen molar-refractivity contribution in [2.24, 2.45) is 0 Å². The van der Waals surface area contributed by atoms with Gasteiger partial charge < -0.3 is 13.7 Å². The number of rotatable bonds is 15. The second-order valence-corrected chi connectivity index (χ2v) is 31.6. The third-order valence-corrected chi connectivity index (χ3v) is 24.3. The van der Waals surface area contributed by atoms with E-state index >= 15 is 0 Å². The van der Waals surface area contributed by atoms with Crippen molar-refractivity contribution in [2.45, 2.75) is 20.8 Å². The van der Waals surface area contributed by atoms with Crippen molar-refractivity contribution in [3.8, 4) is 151 Å². The van der Waals surface area contributed by atoms with Crippen LogP contribution in [0.15, 0.2) is 419 Å². The van der Waals surface area contributed by atoms with E-state index in [9.17, 15) is 0 Å². The Balaban J connectivity index is 0.640. The monoisotopic (exact) mass is 1530 g/mol. The molecule has 0 spiro atoms. The average molecular weight is 1530 g/mol. The van der Waals surface area contributed by atoms with Gasteiger partial charge in [0, 0.05) is 66.1 Å². The zero-order valence-corrected chi connectivity index (χ0v) is 66.5. The Morgan fingerprint density at radius 3 is 0.542 bits per heavy atom. The van der Waals surface area contributed by atoms with Crippen LogP contribution in [0.3, 0.4) is 0 Å². The van der Waals surface area contributed by atoms with Crippen LogP contribution in [0, 0.1) is 20.8 Å². The molecule has 0 aliphatic rings. The predicted molar refractivity (Wildman–Crippen MR) is 502 cm³/mol. The Kier molecular flexibility index (Phi) is 17.5. The highest BCUT2D eigenvalue weighted by Gasteiger charge is 2.23. The molecule has 0 aliphatic heterocycles. The minimum atomic E-state index is 0.591. The van der Waals surface area contributed by atoms with Crippen LogP contribution in [0.4, 0.5) is 0 Å². The molecule has 4 heterocycles. The summed E-state index contributed by atoms with van der Waals surface area (Å²) in [5.41, 5.74) is 37.1. The molecule has 22 rings (SSSR count). The zero-order valence-electron chi connectivity index (χ0n) is 66.5. The first-order chi connectivity index (χ1) is 59.2. The van der Waals surface area contributed by atoms with Crippen molar-refractivity contribution in [3.63, 3.8) is 0 Å². The summed E-state index contributed by atoms with van der Waals surface area (Å²) in [5.74, 6) is 1.77. The van der Waals surface area contributed by atoms with Gasteiger partial charge in [0.15, 0.2) is 17.5 Å². The summed E-state index contributed by atoms with van der Waals surface area (Å²) in [4.78, 5) is 16.4. The molecule has 0 aliphatic carbocycles. The summed E-state index contributed by atoms with van der Waals surface area (Å²) in [6.45, 7) is 6.61. The van der Waals surface area contributed by atoms with E-state index in [2.05, 4.69) is 453 Å². The number of fused-ring (bicyclic) bond motifs is 9. The lowest BCUT2D eigenvalue weighted by Crippen LogP contribution is -2.01. The topological polar surface area (TPSA) is 53.5 Å². The summed E-state index contributed by atoms with van der Waals surface area (Å²) in [6, 6.07) is 153. The van der Waals surface area contributed by atoms with E-state index in [0.717, 1.165) is 117 Å². The highest BCUT2D eigenvalue weighted by atomic mass is 15.0. The maximum atomic E-state index is 5.47. The standard InChI is InChI=1S/C114H78N6/c1-73-61-91(43-52-97(73)88-37-22-40-94(64-88)118-106-55-46-82(76-25-10-4-11-26-76)67-100(106)101-68-83(47-56-107(101)118)77-27-12-5-13-28-77)112-115-113(92-44-53-98(74(2)62-92)89-38-23-41-95(65-89)119-108-57-48-84(78-29-14-6-15-30-78)69-102(108)103-70-85(49-58-109(103)119)79-31-16-7-17-32-79)117-114(116-112)93-45-54-99(75(3)63-93)90-39-24-42-96(66-90)120-110-59-50-86(80-33-18-8-19-34-80)71-104(110)105-72-87(51-60-111(105)120)81-35-20-9-21-36-81/h4-72H,1-3H3. The molecule has 120 heavy (non-hydrogen) atoms. The molecule has 6 nitrogen and oxygen atoms in total. The van der Waals surface area contributed by atoms with E-state index in [1.807, 2.05) is 0 Å². The highest BCUT2D eigenvalue weighted by Crippen LogP contribution is 2.45. The van der Waals surface area contributed by atoms with Gasteiger partial charge in [-0.1, -0.05) is 291 Å². The molecule has 4 aromatic heterocycles. The van der Waals surface area contributed by atoms with Gasteiger partial charge in [-0.3, -0.25) is 0 Å². The summed E-state index contributed by atoms with van der Waals surface area (Å²) >= 11 is 0. The molecule has 564 valence electrons. The van der Waals surface area contributed by atoms with E-state index in [4.69, 9.17) is 15.0 Å². The van der Waals surface area contributed by atoms with Gasteiger partial charge in [0.2, 0.25) is 0 Å². The molecular formula is C114H78N6. The fourth-order valence-corrected chi connectivity index (χ4v) is 18.3. The van der Waals surface area contributed by atoms with Gasteiger partial charge in [-0.05, 0) is 265 Å². The maximum Gasteiger partial charge on any atom is 0.164 e. The van der Waals surface area contributed by atoms with Gasteiger partial charge in [-0.25, -0.2) is 15.0 Å². The fraction of sp³-hybridized carbons (Fsp3) is 0.0263. The predicted octanol–water partition coefficient (Wildman–Crippen LogP) is 30.1. The molecule has 18 aromatic carbocycles. The molecule has 0 atom stereocenters. The van der Waals surface area contributed by atoms with Crippen LogP contribution >= 0.6 is 0 Å². The number of nitrogens with zero attached hydrogens (tertiary/aromatic N) is 6. The van der Waals surface area contributed by atoms with Crippen molar-refractivity contribution in [3.05, 3.63) is 435 Å². The quantitative estimate of drug-likeness (QED) is 0.103. The van der Waals surface area contributed by atoms with Gasteiger partial charge >= 0.3 is 0 Å². The van der Waals surface area contributed by atoms with E-state index in [0.29, 0.717) is 17.5 Å². The molecule has 22 aromatic rings. The van der Waals surface area contributed by atoms with Crippen LogP contribution in [-0.2, 0) is 0 Å². The van der Waals surface area contributed by atoms with Gasteiger partial charge in [-0.2, -0.15) is 0 Å². The first-order valence-electron chi connectivity index (χ1n) is 41.2. The van der Waals surface area contributed by atoms with Crippen LogP contribution in [0.5, 0.6) is 0 Å². The molecule has 0 radical (unpaired) electrons. The lowest BCUT2D eigenvalue weighted by Gasteiger charge is -2.15. The Morgan fingerprint density at radius 2 is 0.342 bits per heavy atom. The SMILES string of the molecule is Cc1cc(-c2nc(-c3ccc(-c4cccc(-n5c6ccc(-c7ccccc7)cc6c6cc(-c7ccccc7)ccc65)c4)c(C)c3)nc(-c3ccc(-c4cccc(-n5c6ccc(-c7ccccc7)cc6c6cc(-c7ccccc7)ccc65)c4)c(C)c3)n2)ccc1-c1cccc(-n2c3ccc(-c4ccccc4)cc3c3cc(-c4ccccc4)ccc32)c1. The second-order valence-electron chi connectivity index (χ2n) is 31.6. The number of aryl methyl sites for hydroxylation is 3. The molecule has 0 unspecified atom stereocenters. The van der Waals surface area contributed by atoms with Crippen LogP contribution in [0.1, 0.15) is 16.7 Å². The van der Waals surface area contributed by atoms with Gasteiger partial charge in [0.1, 0.15) is 0 Å². The summed E-state index contributed by atoms with van der Waals surface area (Å²) in [7, 11) is 0. The number of hydrogen-bond acceptors (Lipinski definition) is 3. The van der Waals surface area contributed by atoms with Crippen molar-refractivity contribution < 1.29 is 0 Å². The van der Waals surface area contributed by atoms with E-state index in [-0.39, 0.29) is 0 Å². The number of benzene rings is 18. The zero-order chi connectivity index (χ0) is 79.9. The maximum absolute atomic E-state index is 5.47. The van der Waals surface area contributed by atoms with Gasteiger partial charge in [-0.15, -0.1) is 0 Å². The van der Waals surface area contributed by atoms with Gasteiger partial charge in [0.25, 0.3) is 0 Å². The normalized spacial score (nSPS) is 11.6. The molecule has 0 N–H and O–H groups in total. The van der Waals surface area contributed by atoms with Crippen molar-refractivity contribution in [1.82, 2.24) is 28.7 Å². The lowest BCUT2D eigenvalue weighted by molar-refractivity contribution is 1.07. The van der Waals surface area contributed by atoms with Crippen molar-refractivity contribution >= 4 is 65.4 Å². The van der Waals surface area contributed by atoms with Crippen molar-refractivity contribution in [2.75, 3.05) is 0 Å². The van der Waals surface area contributed by atoms with Crippen LogP contribution in [-0.4, -0.2) is 28.7 Å². The minimum Gasteiger partial charge on any atom is -0.309 e. The third kappa shape index (κ3) is 12.7. The summed E-state index contributed by atoms with van der Waals surface area (Å²) in [6.07, 6.45) is 0. The molecular weight excluding hydrogens is 1450 g/mol. The molecule has 0 saturated heterocycles. The molecule has 0 amide bonds. The molecule has 0 bridgehead atoms.